The fourth-order valence-corrected chi connectivity index (χ4v) is 1.69. The molecule has 0 aliphatic carbocycles. The molecule has 0 atom stereocenters. The van der Waals surface area contributed by atoms with Crippen LogP contribution in [-0.4, -0.2) is 17.9 Å². The van der Waals surface area contributed by atoms with Gasteiger partial charge in [0.1, 0.15) is 0 Å². The minimum absolute atomic E-state index is 0.179. The van der Waals surface area contributed by atoms with Crippen molar-refractivity contribution in [2.24, 2.45) is 0 Å². The number of thioether (sulfide) groups is 1. The van der Waals surface area contributed by atoms with E-state index in [9.17, 15) is 4.79 Å². The number of hydrogen-bond acceptors (Lipinski definition) is 2. The minimum Gasteiger partial charge on any atom is -0.294 e. The van der Waals surface area contributed by atoms with Crippen molar-refractivity contribution in [1.82, 2.24) is 0 Å². The molecule has 14 heavy (non-hydrogen) atoms. The lowest BCUT2D eigenvalue weighted by Gasteiger charge is -2.00. The van der Waals surface area contributed by atoms with E-state index in [1.165, 1.54) is 4.90 Å². The summed E-state index contributed by atoms with van der Waals surface area (Å²) in [4.78, 5) is 12.7. The van der Waals surface area contributed by atoms with Crippen LogP contribution in [0.1, 0.15) is 23.2 Å². The zero-order valence-corrected chi connectivity index (χ0v) is 9.70. The first-order valence-corrected chi connectivity index (χ1v) is 6.27. The second-order valence-electron chi connectivity index (χ2n) is 2.94. The van der Waals surface area contributed by atoms with Gasteiger partial charge in [0.2, 0.25) is 0 Å². The Bertz CT molecular complexity index is 295. The van der Waals surface area contributed by atoms with Gasteiger partial charge in [0.25, 0.3) is 0 Å². The van der Waals surface area contributed by atoms with Crippen molar-refractivity contribution in [2.75, 3.05) is 12.1 Å². The SMILES string of the molecule is CSc1ccc(C(=O)CCCCl)cc1. The second kappa shape index (κ2) is 6.10. The normalized spacial score (nSPS) is 10.1. The molecule has 0 amide bonds. The molecule has 0 unspecified atom stereocenters. The first-order valence-electron chi connectivity index (χ1n) is 4.51. The molecule has 1 aromatic carbocycles. The van der Waals surface area contributed by atoms with Gasteiger partial charge < -0.3 is 0 Å². The summed E-state index contributed by atoms with van der Waals surface area (Å²) in [7, 11) is 0. The summed E-state index contributed by atoms with van der Waals surface area (Å²) in [6.45, 7) is 0. The summed E-state index contributed by atoms with van der Waals surface area (Å²) >= 11 is 7.20. The van der Waals surface area contributed by atoms with Gasteiger partial charge in [-0.1, -0.05) is 12.1 Å². The number of carbonyl (C=O) groups is 1. The van der Waals surface area contributed by atoms with Gasteiger partial charge in [0.05, 0.1) is 0 Å². The van der Waals surface area contributed by atoms with Crippen LogP contribution in [0.5, 0.6) is 0 Å². The summed E-state index contributed by atoms with van der Waals surface area (Å²) in [6.07, 6.45) is 3.32. The molecule has 0 spiro atoms. The highest BCUT2D eigenvalue weighted by molar-refractivity contribution is 7.98. The summed E-state index contributed by atoms with van der Waals surface area (Å²) < 4.78 is 0. The predicted molar refractivity (Wildman–Crippen MR) is 62.5 cm³/mol. The van der Waals surface area contributed by atoms with Crippen molar-refractivity contribution in [3.8, 4) is 0 Å². The molecule has 0 bridgehead atoms. The first kappa shape index (κ1) is 11.6. The van der Waals surface area contributed by atoms with Crippen LogP contribution >= 0.6 is 23.4 Å². The molecule has 0 heterocycles. The zero-order valence-electron chi connectivity index (χ0n) is 8.13. The van der Waals surface area contributed by atoms with Gasteiger partial charge >= 0.3 is 0 Å². The number of Topliss-reactive ketones (excluding diaryl/α,β-unsaturated/α-hetero) is 1. The van der Waals surface area contributed by atoms with Crippen LogP contribution < -0.4 is 0 Å². The first-order chi connectivity index (χ1) is 6.77. The summed E-state index contributed by atoms with van der Waals surface area (Å²) in [5, 5.41) is 0. The van der Waals surface area contributed by atoms with Crippen molar-refractivity contribution in [2.45, 2.75) is 17.7 Å². The smallest absolute Gasteiger partial charge is 0.162 e. The Balaban J connectivity index is 2.62. The third-order valence-corrected chi connectivity index (χ3v) is 2.96. The number of benzene rings is 1. The monoisotopic (exact) mass is 228 g/mol. The van der Waals surface area contributed by atoms with E-state index in [-0.39, 0.29) is 5.78 Å². The molecule has 3 heteroatoms. The van der Waals surface area contributed by atoms with Gasteiger partial charge in [0.15, 0.2) is 5.78 Å². The molecule has 0 radical (unpaired) electrons. The lowest BCUT2D eigenvalue weighted by Crippen LogP contribution is -1.98. The number of hydrogen-bond donors (Lipinski definition) is 0. The van der Waals surface area contributed by atoms with Gasteiger partial charge in [-0.05, 0) is 24.8 Å². The maximum Gasteiger partial charge on any atom is 0.162 e. The summed E-state index contributed by atoms with van der Waals surface area (Å²) in [5.41, 5.74) is 0.785. The van der Waals surface area contributed by atoms with E-state index in [4.69, 9.17) is 11.6 Å². The molecule has 1 rings (SSSR count). The van der Waals surface area contributed by atoms with E-state index in [1.54, 1.807) is 11.8 Å². The Morgan fingerprint density at radius 2 is 2.00 bits per heavy atom. The van der Waals surface area contributed by atoms with E-state index >= 15 is 0 Å². The van der Waals surface area contributed by atoms with Crippen LogP contribution in [0.2, 0.25) is 0 Å². The Kier molecular flexibility index (Phi) is 5.05. The number of rotatable bonds is 5. The fraction of sp³-hybridized carbons (Fsp3) is 0.364. The Morgan fingerprint density at radius 3 is 2.50 bits per heavy atom. The maximum absolute atomic E-state index is 11.5. The molecular weight excluding hydrogens is 216 g/mol. The molecule has 0 aliphatic heterocycles. The molecule has 0 fully saturated rings. The van der Waals surface area contributed by atoms with E-state index in [2.05, 4.69) is 0 Å². The highest BCUT2D eigenvalue weighted by atomic mass is 35.5. The number of ketones is 1. The van der Waals surface area contributed by atoms with Gasteiger partial charge in [-0.15, -0.1) is 23.4 Å². The van der Waals surface area contributed by atoms with Gasteiger partial charge in [0, 0.05) is 22.8 Å². The third kappa shape index (κ3) is 3.35. The maximum atomic E-state index is 11.5. The van der Waals surface area contributed by atoms with Crippen LogP contribution in [-0.2, 0) is 0 Å². The average molecular weight is 229 g/mol. The average Bonchev–Trinajstić information content (AvgIpc) is 2.26. The molecule has 0 saturated carbocycles. The van der Waals surface area contributed by atoms with Crippen LogP contribution in [0.15, 0.2) is 29.2 Å². The zero-order chi connectivity index (χ0) is 10.4. The quantitative estimate of drug-likeness (QED) is 0.435. The van der Waals surface area contributed by atoms with Crippen molar-refractivity contribution in [3.05, 3.63) is 29.8 Å². The van der Waals surface area contributed by atoms with Crippen LogP contribution in [0.4, 0.5) is 0 Å². The topological polar surface area (TPSA) is 17.1 Å². The fourth-order valence-electron chi connectivity index (χ4n) is 1.15. The third-order valence-electron chi connectivity index (χ3n) is 1.95. The van der Waals surface area contributed by atoms with Crippen molar-refractivity contribution >= 4 is 29.1 Å². The standard InChI is InChI=1S/C11H13ClOS/c1-14-10-6-4-9(5-7-10)11(13)3-2-8-12/h4-7H,2-3,8H2,1H3. The molecule has 1 nitrogen and oxygen atoms in total. The van der Waals surface area contributed by atoms with E-state index in [1.807, 2.05) is 30.5 Å². The van der Waals surface area contributed by atoms with Gasteiger partial charge in [-0.25, -0.2) is 0 Å². The Labute approximate surface area is 93.8 Å². The highest BCUT2D eigenvalue weighted by Crippen LogP contribution is 2.16. The predicted octanol–water partition coefficient (Wildman–Crippen LogP) is 3.61. The van der Waals surface area contributed by atoms with Crippen molar-refractivity contribution in [1.29, 1.82) is 0 Å². The molecule has 1 aromatic rings. The number of halogens is 1. The number of carbonyl (C=O) groups excluding carboxylic acids is 1. The molecule has 76 valence electrons. The minimum atomic E-state index is 0.179. The van der Waals surface area contributed by atoms with Crippen LogP contribution in [0.3, 0.4) is 0 Å². The Morgan fingerprint density at radius 1 is 1.36 bits per heavy atom. The summed E-state index contributed by atoms with van der Waals surface area (Å²) in [6, 6.07) is 7.70. The van der Waals surface area contributed by atoms with Crippen molar-refractivity contribution < 1.29 is 4.79 Å². The van der Waals surface area contributed by atoms with Crippen LogP contribution in [0, 0.1) is 0 Å². The second-order valence-corrected chi connectivity index (χ2v) is 4.20. The van der Waals surface area contributed by atoms with E-state index in [0.29, 0.717) is 12.3 Å². The van der Waals surface area contributed by atoms with E-state index < -0.39 is 0 Å². The molecule has 0 aliphatic rings. The van der Waals surface area contributed by atoms with E-state index in [0.717, 1.165) is 12.0 Å². The Hall–Kier alpha value is -0.470. The summed E-state index contributed by atoms with van der Waals surface area (Å²) in [5.74, 6) is 0.729. The van der Waals surface area contributed by atoms with Gasteiger partial charge in [-0.3, -0.25) is 4.79 Å². The molecule has 0 aromatic heterocycles. The lowest BCUT2D eigenvalue weighted by molar-refractivity contribution is 0.0982. The van der Waals surface area contributed by atoms with Gasteiger partial charge in [-0.2, -0.15) is 0 Å². The molecule has 0 N–H and O–H groups in total. The molecule has 0 saturated heterocycles. The number of alkyl halides is 1. The van der Waals surface area contributed by atoms with Crippen molar-refractivity contribution in [3.63, 3.8) is 0 Å². The van der Waals surface area contributed by atoms with Crippen LogP contribution in [0.25, 0.3) is 0 Å². The highest BCUT2D eigenvalue weighted by Gasteiger charge is 2.04. The largest absolute Gasteiger partial charge is 0.294 e. The molecular formula is C11H13ClOS. The lowest BCUT2D eigenvalue weighted by atomic mass is 10.1.